The average Bonchev–Trinajstić information content (AvgIpc) is 3.34. The molecule has 0 unspecified atom stereocenters. The monoisotopic (exact) mass is 486 g/mol. The molecule has 0 amide bonds. The van der Waals surface area contributed by atoms with Crippen molar-refractivity contribution in [2.45, 2.75) is 0 Å². The van der Waals surface area contributed by atoms with Crippen LogP contribution >= 0.6 is 0 Å². The minimum atomic E-state index is 0.184. The summed E-state index contributed by atoms with van der Waals surface area (Å²) < 4.78 is 6.15. The Kier molecular flexibility index (Phi) is 5.28. The maximum Gasteiger partial charge on any atom is 0.139 e. The van der Waals surface area contributed by atoms with Gasteiger partial charge in [-0.2, -0.15) is 0 Å². The molecular formula is C32H15B5O2. The van der Waals surface area contributed by atoms with Crippen molar-refractivity contribution in [3.8, 4) is 28.0 Å². The van der Waals surface area contributed by atoms with Crippen LogP contribution in [0.5, 0.6) is 5.75 Å². The predicted octanol–water partition coefficient (Wildman–Crippen LogP) is 2.90. The molecule has 0 spiro atoms. The lowest BCUT2D eigenvalue weighted by atomic mass is 9.59. The summed E-state index contributed by atoms with van der Waals surface area (Å²) in [5, 5.41) is 15.9. The molecule has 1 aromatic heterocycles. The Bertz CT molecular complexity index is 2060. The van der Waals surface area contributed by atoms with E-state index in [0.717, 1.165) is 43.6 Å². The minimum absolute atomic E-state index is 0.184. The van der Waals surface area contributed by atoms with Crippen molar-refractivity contribution >= 4 is 110 Å². The van der Waals surface area contributed by atoms with Crippen LogP contribution in [0, 0.1) is 0 Å². The molecule has 0 aliphatic carbocycles. The van der Waals surface area contributed by atoms with Crippen LogP contribution in [-0.4, -0.2) is 44.3 Å². The normalized spacial score (nSPS) is 11.7. The van der Waals surface area contributed by atoms with Crippen molar-refractivity contribution < 1.29 is 9.52 Å². The molecule has 0 fully saturated rings. The van der Waals surface area contributed by atoms with Crippen LogP contribution in [0.2, 0.25) is 0 Å². The van der Waals surface area contributed by atoms with Crippen LogP contribution in [-0.2, 0) is 0 Å². The van der Waals surface area contributed by atoms with Crippen LogP contribution in [0.25, 0.3) is 65.7 Å². The second-order valence-corrected chi connectivity index (χ2v) is 9.75. The minimum Gasteiger partial charge on any atom is -0.507 e. The second kappa shape index (κ2) is 8.64. The molecule has 7 heteroatoms. The van der Waals surface area contributed by atoms with Crippen molar-refractivity contribution in [1.82, 2.24) is 0 Å². The smallest absolute Gasteiger partial charge is 0.139 e. The Morgan fingerprint density at radius 3 is 1.59 bits per heavy atom. The van der Waals surface area contributed by atoms with Gasteiger partial charge in [0.25, 0.3) is 0 Å². The molecule has 1 N–H and O–H groups in total. The Labute approximate surface area is 232 Å². The molecule has 0 saturated heterocycles. The molecule has 7 aromatic rings. The Morgan fingerprint density at radius 2 is 1.00 bits per heavy atom. The van der Waals surface area contributed by atoms with Crippen LogP contribution in [0.15, 0.2) is 89.3 Å². The van der Waals surface area contributed by atoms with Gasteiger partial charge in [0.1, 0.15) is 56.1 Å². The molecular weight excluding hydrogens is 470 g/mol. The highest BCUT2D eigenvalue weighted by Crippen LogP contribution is 2.44. The first-order valence-corrected chi connectivity index (χ1v) is 12.5. The van der Waals surface area contributed by atoms with Crippen molar-refractivity contribution in [3.05, 3.63) is 84.9 Å². The van der Waals surface area contributed by atoms with Gasteiger partial charge in [0, 0.05) is 5.39 Å². The fourth-order valence-electron chi connectivity index (χ4n) is 5.79. The number of hydrogen-bond acceptors (Lipinski definition) is 2. The second-order valence-electron chi connectivity index (χ2n) is 9.75. The third-order valence-corrected chi connectivity index (χ3v) is 7.64. The number of fused-ring (bicyclic) bond motifs is 5. The van der Waals surface area contributed by atoms with Gasteiger partial charge in [-0.25, -0.2) is 0 Å². The molecule has 10 radical (unpaired) electrons. The van der Waals surface area contributed by atoms with Gasteiger partial charge in [-0.05, 0) is 68.1 Å². The van der Waals surface area contributed by atoms with E-state index in [0.29, 0.717) is 33.0 Å². The van der Waals surface area contributed by atoms with Gasteiger partial charge in [-0.15, -0.1) is 16.4 Å². The van der Waals surface area contributed by atoms with E-state index in [1.54, 1.807) is 12.1 Å². The van der Waals surface area contributed by atoms with E-state index >= 15 is 0 Å². The van der Waals surface area contributed by atoms with Gasteiger partial charge in [0.15, 0.2) is 0 Å². The summed E-state index contributed by atoms with van der Waals surface area (Å²) in [7, 11) is 31.8. The standard InChI is InChI=1S/C32H15B5O2/c33-28-27(29(34)31(36)32(37)30(28)35)25-18-8-3-1-6-16(18)24(17-7-2-4-9-19(17)25)15-12-13-20-23(14-15)39-22-11-5-10-21(38)26(20)22/h1-14,38H. The summed E-state index contributed by atoms with van der Waals surface area (Å²) in [6.07, 6.45) is 0. The highest BCUT2D eigenvalue weighted by Gasteiger charge is 2.21. The van der Waals surface area contributed by atoms with Crippen molar-refractivity contribution in [2.24, 2.45) is 0 Å². The van der Waals surface area contributed by atoms with E-state index in [-0.39, 0.29) is 22.1 Å². The molecule has 6 aromatic carbocycles. The van der Waals surface area contributed by atoms with Gasteiger partial charge in [-0.3, -0.25) is 0 Å². The lowest BCUT2D eigenvalue weighted by Crippen LogP contribution is -2.55. The largest absolute Gasteiger partial charge is 0.507 e. The number of hydrogen-bond donors (Lipinski definition) is 1. The molecule has 39 heavy (non-hydrogen) atoms. The van der Waals surface area contributed by atoms with Gasteiger partial charge in [-0.1, -0.05) is 71.6 Å². The number of furan rings is 1. The first kappa shape index (κ1) is 23.9. The quantitative estimate of drug-likeness (QED) is 0.302. The van der Waals surface area contributed by atoms with Crippen LogP contribution in [0.4, 0.5) is 0 Å². The molecule has 0 bridgehead atoms. The number of rotatable bonds is 2. The van der Waals surface area contributed by atoms with Crippen LogP contribution in [0.3, 0.4) is 0 Å². The van der Waals surface area contributed by atoms with Gasteiger partial charge in [0.05, 0.1) is 5.39 Å². The molecule has 170 valence electrons. The lowest BCUT2D eigenvalue weighted by molar-refractivity contribution is 0.481. The SMILES string of the molecule is [B]c1c([B])c([B])c(-c2c3ccccc3c(-c3ccc4c(c3)oc3cccc(O)c34)c3ccccc23)c([B])c1[B]. The summed E-state index contributed by atoms with van der Waals surface area (Å²) >= 11 is 0. The molecule has 0 aliphatic heterocycles. The molecule has 0 saturated carbocycles. The number of benzene rings is 6. The molecule has 1 heterocycles. The molecule has 0 aliphatic rings. The van der Waals surface area contributed by atoms with Crippen molar-refractivity contribution in [2.75, 3.05) is 0 Å². The van der Waals surface area contributed by atoms with Crippen LogP contribution in [0.1, 0.15) is 0 Å². The van der Waals surface area contributed by atoms with Crippen LogP contribution < -0.4 is 27.3 Å². The van der Waals surface area contributed by atoms with E-state index in [2.05, 4.69) is 18.2 Å². The Hall–Kier alpha value is -4.24. The number of phenols is 1. The highest BCUT2D eigenvalue weighted by atomic mass is 16.3. The average molecular weight is 486 g/mol. The van der Waals surface area contributed by atoms with E-state index in [9.17, 15) is 5.11 Å². The Morgan fingerprint density at radius 1 is 0.462 bits per heavy atom. The molecule has 7 rings (SSSR count). The summed E-state index contributed by atoms with van der Waals surface area (Å²) in [6.45, 7) is 0. The van der Waals surface area contributed by atoms with E-state index in [1.165, 1.54) is 0 Å². The maximum absolute atomic E-state index is 10.5. The molecule has 2 nitrogen and oxygen atoms in total. The van der Waals surface area contributed by atoms with E-state index in [1.807, 2.05) is 54.6 Å². The highest BCUT2D eigenvalue weighted by molar-refractivity contribution is 6.69. The molecule has 0 atom stereocenters. The van der Waals surface area contributed by atoms with Gasteiger partial charge >= 0.3 is 0 Å². The topological polar surface area (TPSA) is 33.4 Å². The lowest BCUT2D eigenvalue weighted by Gasteiger charge is -2.25. The van der Waals surface area contributed by atoms with E-state index < -0.39 is 0 Å². The summed E-state index contributed by atoms with van der Waals surface area (Å²) in [4.78, 5) is 0. The number of aromatic hydroxyl groups is 1. The zero-order chi connectivity index (χ0) is 27.0. The fourth-order valence-corrected chi connectivity index (χ4v) is 5.79. The predicted molar refractivity (Wildman–Crippen MR) is 168 cm³/mol. The summed E-state index contributed by atoms with van der Waals surface area (Å²) in [5.41, 5.74) is 5.95. The fraction of sp³-hybridized carbons (Fsp3) is 0. The summed E-state index contributed by atoms with van der Waals surface area (Å²) in [6, 6.07) is 27.5. The number of phenolic OH excluding ortho intramolecular Hbond substituents is 1. The van der Waals surface area contributed by atoms with Gasteiger partial charge < -0.3 is 9.52 Å². The first-order valence-electron chi connectivity index (χ1n) is 12.5. The van der Waals surface area contributed by atoms with Crippen molar-refractivity contribution in [1.29, 1.82) is 0 Å². The zero-order valence-corrected chi connectivity index (χ0v) is 20.8. The zero-order valence-electron chi connectivity index (χ0n) is 20.8. The van der Waals surface area contributed by atoms with E-state index in [4.69, 9.17) is 43.6 Å². The van der Waals surface area contributed by atoms with Gasteiger partial charge in [0.2, 0.25) is 0 Å². The first-order chi connectivity index (χ1) is 18.9. The third-order valence-electron chi connectivity index (χ3n) is 7.64. The Balaban J connectivity index is 1.62. The van der Waals surface area contributed by atoms with Crippen molar-refractivity contribution in [3.63, 3.8) is 0 Å². The third kappa shape index (κ3) is 3.36. The maximum atomic E-state index is 10.5. The summed E-state index contributed by atoms with van der Waals surface area (Å²) in [5.74, 6) is 0.191.